The van der Waals surface area contributed by atoms with Crippen LogP contribution >= 0.6 is 0 Å². The molecule has 0 bridgehead atoms. The maximum Gasteiger partial charge on any atom is 0.144 e. The van der Waals surface area contributed by atoms with Gasteiger partial charge in [-0.25, -0.2) is 9.07 Å². The van der Waals surface area contributed by atoms with Gasteiger partial charge in [0.05, 0.1) is 19.0 Å². The number of halogens is 1. The van der Waals surface area contributed by atoms with Crippen LogP contribution in [0.2, 0.25) is 0 Å². The Labute approximate surface area is 105 Å². The first kappa shape index (κ1) is 12.2. The van der Waals surface area contributed by atoms with Crippen LogP contribution in [0.5, 0.6) is 5.75 Å². The highest BCUT2D eigenvalue weighted by Gasteiger charge is 2.04. The van der Waals surface area contributed by atoms with Crippen LogP contribution in [0.25, 0.3) is 6.20 Å². The molecule has 2 aromatic rings. The molecule has 1 aromatic heterocycles. The second-order valence-corrected chi connectivity index (χ2v) is 3.71. The van der Waals surface area contributed by atoms with Crippen molar-refractivity contribution < 1.29 is 9.13 Å². The van der Waals surface area contributed by atoms with E-state index in [0.717, 1.165) is 11.3 Å². The summed E-state index contributed by atoms with van der Waals surface area (Å²) in [6.45, 7) is 4.20. The molecule has 1 N–H and O–H groups in total. The number of hydrogen-bond donors (Lipinski definition) is 1. The van der Waals surface area contributed by atoms with E-state index >= 15 is 0 Å². The number of nitrogens with one attached hydrogen (secondary N) is 1. The Morgan fingerprint density at radius 1 is 1.56 bits per heavy atom. The van der Waals surface area contributed by atoms with E-state index in [1.54, 1.807) is 23.1 Å². The zero-order valence-electron chi connectivity index (χ0n) is 10.1. The van der Waals surface area contributed by atoms with Crippen molar-refractivity contribution in [1.29, 1.82) is 0 Å². The predicted octanol–water partition coefficient (Wildman–Crippen LogP) is 2.74. The third-order valence-electron chi connectivity index (χ3n) is 2.49. The molecule has 0 aliphatic carbocycles. The first-order chi connectivity index (χ1) is 8.72. The summed E-state index contributed by atoms with van der Waals surface area (Å²) in [4.78, 5) is 0. The zero-order chi connectivity index (χ0) is 13.0. The van der Waals surface area contributed by atoms with E-state index in [-0.39, 0.29) is 5.82 Å². The van der Waals surface area contributed by atoms with Gasteiger partial charge in [-0.3, -0.25) is 0 Å². The van der Waals surface area contributed by atoms with Crippen LogP contribution < -0.4 is 10.1 Å². The molecule has 0 radical (unpaired) electrons. The first-order valence-corrected chi connectivity index (χ1v) is 5.46. The topological polar surface area (TPSA) is 39.1 Å². The molecule has 1 aromatic carbocycles. The Morgan fingerprint density at radius 3 is 3.06 bits per heavy atom. The summed E-state index contributed by atoms with van der Waals surface area (Å²) in [5.41, 5.74) is 1.74. The summed E-state index contributed by atoms with van der Waals surface area (Å²) in [5, 5.41) is 7.24. The zero-order valence-corrected chi connectivity index (χ0v) is 10.1. The van der Waals surface area contributed by atoms with E-state index in [2.05, 4.69) is 17.0 Å². The number of aromatic nitrogens is 2. The van der Waals surface area contributed by atoms with Crippen LogP contribution in [0, 0.1) is 5.82 Å². The van der Waals surface area contributed by atoms with Crippen LogP contribution in [-0.2, 0) is 6.54 Å². The molecular weight excluding hydrogens is 233 g/mol. The fourth-order valence-corrected chi connectivity index (χ4v) is 1.58. The quantitative estimate of drug-likeness (QED) is 0.883. The van der Waals surface area contributed by atoms with E-state index in [0.29, 0.717) is 12.3 Å². The lowest BCUT2D eigenvalue weighted by molar-refractivity contribution is 0.413. The summed E-state index contributed by atoms with van der Waals surface area (Å²) in [6, 6.07) is 4.37. The van der Waals surface area contributed by atoms with Gasteiger partial charge in [-0.15, -0.1) is 0 Å². The van der Waals surface area contributed by atoms with Crippen LogP contribution in [0.15, 0.2) is 37.2 Å². The minimum atomic E-state index is -0.322. The van der Waals surface area contributed by atoms with E-state index in [1.165, 1.54) is 19.2 Å². The molecule has 2 rings (SSSR count). The van der Waals surface area contributed by atoms with Crippen LogP contribution in [0.4, 0.5) is 10.1 Å². The van der Waals surface area contributed by atoms with Gasteiger partial charge in [-0.1, -0.05) is 6.58 Å². The second kappa shape index (κ2) is 5.35. The second-order valence-electron chi connectivity index (χ2n) is 3.71. The molecule has 0 fully saturated rings. The Morgan fingerprint density at radius 2 is 2.39 bits per heavy atom. The van der Waals surface area contributed by atoms with Gasteiger partial charge in [0.15, 0.2) is 0 Å². The highest BCUT2D eigenvalue weighted by Crippen LogP contribution is 2.25. The Balaban J connectivity index is 2.07. The number of rotatable bonds is 5. The van der Waals surface area contributed by atoms with E-state index < -0.39 is 0 Å². The largest absolute Gasteiger partial charge is 0.494 e. The molecule has 5 heteroatoms. The molecule has 94 valence electrons. The Bertz CT molecular complexity index is 551. The van der Waals surface area contributed by atoms with Crippen LogP contribution in [0.1, 0.15) is 5.56 Å². The van der Waals surface area contributed by atoms with Gasteiger partial charge >= 0.3 is 0 Å². The molecule has 0 saturated carbocycles. The van der Waals surface area contributed by atoms with Gasteiger partial charge in [0.1, 0.15) is 11.6 Å². The lowest BCUT2D eigenvalue weighted by Gasteiger charge is -2.10. The van der Waals surface area contributed by atoms with Gasteiger partial charge < -0.3 is 10.1 Å². The SMILES string of the molecule is C=Cn1cc(CNc2ccc(F)cc2OC)cn1. The maximum atomic E-state index is 13.0. The van der Waals surface area contributed by atoms with Gasteiger partial charge in [-0.2, -0.15) is 5.10 Å². The molecule has 0 spiro atoms. The summed E-state index contributed by atoms with van der Waals surface area (Å²) in [5.74, 6) is 0.156. The highest BCUT2D eigenvalue weighted by atomic mass is 19.1. The third kappa shape index (κ3) is 2.68. The standard InChI is InChI=1S/C13H14FN3O/c1-3-17-9-10(8-16-17)7-15-12-5-4-11(14)6-13(12)18-2/h3-6,8-9,15H,1,7H2,2H3. The number of benzene rings is 1. The van der Waals surface area contributed by atoms with Gasteiger partial charge in [0.2, 0.25) is 0 Å². The molecule has 0 amide bonds. The van der Waals surface area contributed by atoms with Crippen molar-refractivity contribution >= 4 is 11.9 Å². The molecular formula is C13H14FN3O. The Kier molecular flexibility index (Phi) is 3.62. The smallest absolute Gasteiger partial charge is 0.144 e. The fraction of sp³-hybridized carbons (Fsp3) is 0.154. The number of hydrogen-bond acceptors (Lipinski definition) is 3. The fourth-order valence-electron chi connectivity index (χ4n) is 1.58. The van der Waals surface area contributed by atoms with Crippen molar-refractivity contribution in [2.45, 2.75) is 6.54 Å². The molecule has 0 aliphatic rings. The molecule has 0 aliphatic heterocycles. The van der Waals surface area contributed by atoms with Crippen molar-refractivity contribution in [2.24, 2.45) is 0 Å². The molecule has 4 nitrogen and oxygen atoms in total. The summed E-state index contributed by atoms with van der Waals surface area (Å²) in [6.07, 6.45) is 5.21. The predicted molar refractivity (Wildman–Crippen MR) is 68.9 cm³/mol. The molecule has 18 heavy (non-hydrogen) atoms. The molecule has 0 saturated heterocycles. The summed E-state index contributed by atoms with van der Waals surface area (Å²) < 4.78 is 19.7. The summed E-state index contributed by atoms with van der Waals surface area (Å²) in [7, 11) is 1.51. The lowest BCUT2D eigenvalue weighted by atomic mass is 10.2. The lowest BCUT2D eigenvalue weighted by Crippen LogP contribution is -2.01. The van der Waals surface area contributed by atoms with Gasteiger partial charge in [-0.05, 0) is 12.1 Å². The average Bonchev–Trinajstić information content (AvgIpc) is 2.85. The normalized spacial score (nSPS) is 10.1. The third-order valence-corrected chi connectivity index (χ3v) is 2.49. The van der Waals surface area contributed by atoms with E-state index in [1.807, 2.05) is 6.20 Å². The van der Waals surface area contributed by atoms with Crippen LogP contribution in [0.3, 0.4) is 0 Å². The minimum Gasteiger partial charge on any atom is -0.494 e. The molecule has 0 atom stereocenters. The number of anilines is 1. The maximum absolute atomic E-state index is 13.0. The van der Waals surface area contributed by atoms with Crippen molar-refractivity contribution in [1.82, 2.24) is 9.78 Å². The summed E-state index contributed by atoms with van der Waals surface area (Å²) >= 11 is 0. The van der Waals surface area contributed by atoms with Crippen molar-refractivity contribution in [3.8, 4) is 5.75 Å². The van der Waals surface area contributed by atoms with E-state index in [4.69, 9.17) is 4.74 Å². The Hall–Kier alpha value is -2.30. The van der Waals surface area contributed by atoms with Gasteiger partial charge in [0.25, 0.3) is 0 Å². The van der Waals surface area contributed by atoms with Crippen LogP contribution in [-0.4, -0.2) is 16.9 Å². The van der Waals surface area contributed by atoms with Crippen molar-refractivity contribution in [3.63, 3.8) is 0 Å². The monoisotopic (exact) mass is 247 g/mol. The molecule has 1 heterocycles. The molecule has 0 unspecified atom stereocenters. The first-order valence-electron chi connectivity index (χ1n) is 5.46. The highest BCUT2D eigenvalue weighted by molar-refractivity contribution is 5.56. The van der Waals surface area contributed by atoms with Crippen molar-refractivity contribution in [2.75, 3.05) is 12.4 Å². The number of methoxy groups -OCH3 is 1. The minimum absolute atomic E-state index is 0.322. The van der Waals surface area contributed by atoms with Crippen molar-refractivity contribution in [3.05, 3.63) is 48.6 Å². The average molecular weight is 247 g/mol. The number of ether oxygens (including phenoxy) is 1. The van der Waals surface area contributed by atoms with E-state index in [9.17, 15) is 4.39 Å². The van der Waals surface area contributed by atoms with Gasteiger partial charge in [0, 0.05) is 30.6 Å². The number of nitrogens with zero attached hydrogens (tertiary/aromatic N) is 2.